The van der Waals surface area contributed by atoms with Gasteiger partial charge in [0.05, 0.1) is 25.9 Å². The lowest BCUT2D eigenvalue weighted by atomic mass is 10.0. The van der Waals surface area contributed by atoms with Gasteiger partial charge in [0.25, 0.3) is 0 Å². The lowest BCUT2D eigenvalue weighted by Gasteiger charge is -2.21. The summed E-state index contributed by atoms with van der Waals surface area (Å²) >= 11 is 0. The topological polar surface area (TPSA) is 30.5 Å². The Morgan fingerprint density at radius 2 is 1.71 bits per heavy atom. The normalized spacial score (nSPS) is 12.8. The van der Waals surface area contributed by atoms with Gasteiger partial charge in [0.2, 0.25) is 0 Å². The number of aryl methyl sites for hydroxylation is 1. The van der Waals surface area contributed by atoms with E-state index in [0.29, 0.717) is 25.7 Å². The highest BCUT2D eigenvalue weighted by molar-refractivity contribution is 5.28. The van der Waals surface area contributed by atoms with E-state index >= 15 is 0 Å². The van der Waals surface area contributed by atoms with Gasteiger partial charge in [0.1, 0.15) is 0 Å². The molecule has 0 aromatic heterocycles. The molecule has 0 aliphatic rings. The van der Waals surface area contributed by atoms with Crippen molar-refractivity contribution in [3.05, 3.63) is 35.4 Å². The summed E-state index contributed by atoms with van der Waals surface area (Å²) in [5.41, 5.74) is 2.64. The molecule has 1 unspecified atom stereocenters. The zero-order valence-corrected chi connectivity index (χ0v) is 14.0. The molecule has 0 saturated carbocycles. The molecule has 0 radical (unpaired) electrons. The van der Waals surface area contributed by atoms with Gasteiger partial charge in [0.15, 0.2) is 0 Å². The van der Waals surface area contributed by atoms with Gasteiger partial charge in [-0.05, 0) is 36.9 Å². The zero-order chi connectivity index (χ0) is 15.5. The molecule has 0 aliphatic carbocycles. The smallest absolute Gasteiger partial charge is 0.0701 e. The Kier molecular flexibility index (Phi) is 9.31. The van der Waals surface area contributed by atoms with Crippen LogP contribution in [0.2, 0.25) is 0 Å². The van der Waals surface area contributed by atoms with E-state index in [1.165, 1.54) is 11.1 Å². The van der Waals surface area contributed by atoms with Crippen molar-refractivity contribution >= 4 is 0 Å². The fraction of sp³-hybridized carbons (Fsp3) is 0.667. The molecule has 1 aromatic carbocycles. The fourth-order valence-electron chi connectivity index (χ4n) is 2.19. The van der Waals surface area contributed by atoms with Crippen molar-refractivity contribution in [2.24, 2.45) is 5.92 Å². The van der Waals surface area contributed by atoms with Crippen LogP contribution in [0.4, 0.5) is 0 Å². The molecule has 1 atom stereocenters. The Bertz CT molecular complexity index is 379. The molecular formula is C18H31NO2. The fourth-order valence-corrected chi connectivity index (χ4v) is 2.19. The van der Waals surface area contributed by atoms with Crippen molar-refractivity contribution in [2.75, 3.05) is 33.0 Å². The van der Waals surface area contributed by atoms with Crippen molar-refractivity contribution in [1.29, 1.82) is 0 Å². The third kappa shape index (κ3) is 7.60. The Morgan fingerprint density at radius 3 is 2.33 bits per heavy atom. The number of hydrogen-bond acceptors (Lipinski definition) is 3. The SMILES string of the molecule is CCCNC(COCCOCC(C)C)c1ccccc1C. The first kappa shape index (κ1) is 18.1. The van der Waals surface area contributed by atoms with E-state index in [2.05, 4.69) is 57.3 Å². The minimum Gasteiger partial charge on any atom is -0.379 e. The van der Waals surface area contributed by atoms with Gasteiger partial charge < -0.3 is 14.8 Å². The first-order valence-corrected chi connectivity index (χ1v) is 8.09. The molecule has 1 N–H and O–H groups in total. The third-order valence-electron chi connectivity index (χ3n) is 3.31. The van der Waals surface area contributed by atoms with Crippen LogP contribution in [0.25, 0.3) is 0 Å². The van der Waals surface area contributed by atoms with Crippen molar-refractivity contribution in [3.8, 4) is 0 Å². The molecule has 120 valence electrons. The lowest BCUT2D eigenvalue weighted by Crippen LogP contribution is -2.27. The molecule has 0 fully saturated rings. The summed E-state index contributed by atoms with van der Waals surface area (Å²) in [4.78, 5) is 0. The summed E-state index contributed by atoms with van der Waals surface area (Å²) in [5.74, 6) is 0.580. The summed E-state index contributed by atoms with van der Waals surface area (Å²) in [6.07, 6.45) is 1.12. The number of nitrogens with one attached hydrogen (secondary N) is 1. The first-order chi connectivity index (χ1) is 10.1. The maximum Gasteiger partial charge on any atom is 0.0701 e. The average molecular weight is 293 g/mol. The standard InChI is InChI=1S/C18H31NO2/c1-5-10-19-18(17-9-7-6-8-16(17)4)14-21-12-11-20-13-15(2)3/h6-9,15,18-19H,5,10-14H2,1-4H3. The Labute approximate surface area is 130 Å². The van der Waals surface area contributed by atoms with Crippen LogP contribution in [0.1, 0.15) is 44.4 Å². The van der Waals surface area contributed by atoms with Crippen LogP contribution < -0.4 is 5.32 Å². The molecule has 3 heteroatoms. The number of ether oxygens (including phenoxy) is 2. The van der Waals surface area contributed by atoms with Crippen LogP contribution in [-0.2, 0) is 9.47 Å². The molecule has 0 saturated heterocycles. The predicted molar refractivity (Wildman–Crippen MR) is 88.7 cm³/mol. The van der Waals surface area contributed by atoms with Crippen molar-refractivity contribution in [1.82, 2.24) is 5.32 Å². The highest BCUT2D eigenvalue weighted by Crippen LogP contribution is 2.17. The molecule has 0 heterocycles. The minimum absolute atomic E-state index is 0.260. The van der Waals surface area contributed by atoms with E-state index in [1.54, 1.807) is 0 Å². The molecule has 0 aliphatic heterocycles. The summed E-state index contributed by atoms with van der Waals surface area (Å²) in [7, 11) is 0. The van der Waals surface area contributed by atoms with Crippen LogP contribution in [0, 0.1) is 12.8 Å². The van der Waals surface area contributed by atoms with Crippen LogP contribution in [0.15, 0.2) is 24.3 Å². The van der Waals surface area contributed by atoms with E-state index in [1.807, 2.05) is 0 Å². The predicted octanol–water partition coefficient (Wildman–Crippen LogP) is 3.72. The number of rotatable bonds is 11. The van der Waals surface area contributed by atoms with Gasteiger partial charge >= 0.3 is 0 Å². The molecule has 0 spiro atoms. The quantitative estimate of drug-likeness (QED) is 0.631. The second kappa shape index (κ2) is 10.8. The molecule has 21 heavy (non-hydrogen) atoms. The summed E-state index contributed by atoms with van der Waals surface area (Å²) in [5, 5.41) is 3.57. The van der Waals surface area contributed by atoms with Gasteiger partial charge in [0, 0.05) is 6.61 Å². The maximum absolute atomic E-state index is 5.80. The van der Waals surface area contributed by atoms with E-state index in [0.717, 1.165) is 19.6 Å². The number of benzene rings is 1. The van der Waals surface area contributed by atoms with Crippen molar-refractivity contribution in [3.63, 3.8) is 0 Å². The first-order valence-electron chi connectivity index (χ1n) is 8.09. The maximum atomic E-state index is 5.80. The second-order valence-corrected chi connectivity index (χ2v) is 5.91. The Balaban J connectivity index is 2.39. The summed E-state index contributed by atoms with van der Waals surface area (Å²) < 4.78 is 11.3. The van der Waals surface area contributed by atoms with Crippen LogP contribution in [0.5, 0.6) is 0 Å². The summed E-state index contributed by atoms with van der Waals surface area (Å²) in [6.45, 7) is 12.5. The Hall–Kier alpha value is -0.900. The largest absolute Gasteiger partial charge is 0.379 e. The monoisotopic (exact) mass is 293 g/mol. The molecule has 3 nitrogen and oxygen atoms in total. The lowest BCUT2D eigenvalue weighted by molar-refractivity contribution is 0.0302. The van der Waals surface area contributed by atoms with E-state index in [-0.39, 0.29) is 6.04 Å². The van der Waals surface area contributed by atoms with Crippen molar-refractivity contribution in [2.45, 2.75) is 40.2 Å². The van der Waals surface area contributed by atoms with Crippen LogP contribution in [-0.4, -0.2) is 33.0 Å². The molecule has 0 bridgehead atoms. The third-order valence-corrected chi connectivity index (χ3v) is 3.31. The van der Waals surface area contributed by atoms with Gasteiger partial charge in [-0.15, -0.1) is 0 Å². The highest BCUT2D eigenvalue weighted by atomic mass is 16.5. The van der Waals surface area contributed by atoms with E-state index < -0.39 is 0 Å². The number of hydrogen-bond donors (Lipinski definition) is 1. The zero-order valence-electron chi connectivity index (χ0n) is 14.0. The second-order valence-electron chi connectivity index (χ2n) is 5.91. The van der Waals surface area contributed by atoms with Gasteiger partial charge in [-0.25, -0.2) is 0 Å². The van der Waals surface area contributed by atoms with E-state index in [9.17, 15) is 0 Å². The van der Waals surface area contributed by atoms with Gasteiger partial charge in [-0.2, -0.15) is 0 Å². The molecular weight excluding hydrogens is 262 g/mol. The minimum atomic E-state index is 0.260. The van der Waals surface area contributed by atoms with E-state index in [4.69, 9.17) is 9.47 Å². The van der Waals surface area contributed by atoms with Crippen LogP contribution in [0.3, 0.4) is 0 Å². The van der Waals surface area contributed by atoms with Gasteiger partial charge in [-0.3, -0.25) is 0 Å². The highest BCUT2D eigenvalue weighted by Gasteiger charge is 2.12. The van der Waals surface area contributed by atoms with Gasteiger partial charge in [-0.1, -0.05) is 45.0 Å². The molecule has 1 rings (SSSR count). The van der Waals surface area contributed by atoms with Crippen molar-refractivity contribution < 1.29 is 9.47 Å². The Morgan fingerprint density at radius 1 is 1.05 bits per heavy atom. The average Bonchev–Trinajstić information content (AvgIpc) is 2.46. The van der Waals surface area contributed by atoms with Crippen LogP contribution >= 0.6 is 0 Å². The molecule has 1 aromatic rings. The summed E-state index contributed by atoms with van der Waals surface area (Å²) in [6, 6.07) is 8.77. The molecule has 0 amide bonds.